The number of amides is 2. The second-order valence-corrected chi connectivity index (χ2v) is 8.05. The fourth-order valence-electron chi connectivity index (χ4n) is 3.55. The number of hydrogen-bond acceptors (Lipinski definition) is 7. The molecule has 2 aromatic carbocycles. The lowest BCUT2D eigenvalue weighted by molar-refractivity contribution is -0.122. The number of aromatic nitrogens is 1. The van der Waals surface area contributed by atoms with E-state index < -0.39 is 5.92 Å². The molecule has 0 saturated carbocycles. The first-order valence-electron chi connectivity index (χ1n) is 9.89. The van der Waals surface area contributed by atoms with Crippen LogP contribution < -0.4 is 24.4 Å². The normalized spacial score (nSPS) is 15.9. The Hall–Kier alpha value is -3.33. The molecule has 1 aliphatic heterocycles. The predicted molar refractivity (Wildman–Crippen MR) is 119 cm³/mol. The molecular weight excluding hydrogens is 418 g/mol. The van der Waals surface area contributed by atoms with Gasteiger partial charge in [-0.05, 0) is 37.3 Å². The third-order valence-electron chi connectivity index (χ3n) is 5.08. The summed E-state index contributed by atoms with van der Waals surface area (Å²) in [4.78, 5) is 31.5. The molecule has 0 aliphatic carbocycles. The highest BCUT2D eigenvalue weighted by molar-refractivity contribution is 7.22. The van der Waals surface area contributed by atoms with Crippen LogP contribution in [0, 0.1) is 5.92 Å². The molecule has 31 heavy (non-hydrogen) atoms. The smallest absolute Gasteiger partial charge is 0.231 e. The van der Waals surface area contributed by atoms with Gasteiger partial charge in [0.2, 0.25) is 11.8 Å². The van der Waals surface area contributed by atoms with Gasteiger partial charge in [-0.3, -0.25) is 9.59 Å². The topological polar surface area (TPSA) is 90.0 Å². The maximum absolute atomic E-state index is 12.8. The number of anilines is 2. The SMILES string of the molecule is CCOc1ccc2nc(NC(=O)C3CC(=O)N(c4ccc(OC)c(OC)c4)C3)sc2c1. The van der Waals surface area contributed by atoms with Crippen molar-refractivity contribution in [1.29, 1.82) is 0 Å². The summed E-state index contributed by atoms with van der Waals surface area (Å²) in [6.45, 7) is 2.80. The summed E-state index contributed by atoms with van der Waals surface area (Å²) in [5.41, 5.74) is 1.46. The largest absolute Gasteiger partial charge is 0.494 e. The van der Waals surface area contributed by atoms with Crippen molar-refractivity contribution in [2.45, 2.75) is 13.3 Å². The van der Waals surface area contributed by atoms with Gasteiger partial charge in [0.25, 0.3) is 0 Å². The van der Waals surface area contributed by atoms with Crippen LogP contribution in [-0.4, -0.2) is 44.2 Å². The van der Waals surface area contributed by atoms with Crippen LogP contribution >= 0.6 is 11.3 Å². The van der Waals surface area contributed by atoms with Gasteiger partial charge in [-0.1, -0.05) is 11.3 Å². The Morgan fingerprint density at radius 2 is 2.00 bits per heavy atom. The molecule has 1 aromatic heterocycles. The lowest BCUT2D eigenvalue weighted by Gasteiger charge is -2.18. The summed E-state index contributed by atoms with van der Waals surface area (Å²) in [6, 6.07) is 10.9. The molecular formula is C22H23N3O5S. The first-order chi connectivity index (χ1) is 15.0. The van der Waals surface area contributed by atoms with E-state index in [1.165, 1.54) is 11.3 Å². The van der Waals surface area contributed by atoms with Gasteiger partial charge < -0.3 is 24.4 Å². The van der Waals surface area contributed by atoms with Gasteiger partial charge in [0.05, 0.1) is 37.0 Å². The van der Waals surface area contributed by atoms with E-state index in [1.54, 1.807) is 37.3 Å². The Balaban J connectivity index is 1.46. The number of thiazole rings is 1. The van der Waals surface area contributed by atoms with Gasteiger partial charge >= 0.3 is 0 Å². The van der Waals surface area contributed by atoms with Crippen LogP contribution in [0.3, 0.4) is 0 Å². The van der Waals surface area contributed by atoms with Gasteiger partial charge in [0, 0.05) is 24.7 Å². The van der Waals surface area contributed by atoms with Gasteiger partial charge in [0.15, 0.2) is 16.6 Å². The zero-order chi connectivity index (χ0) is 22.0. The lowest BCUT2D eigenvalue weighted by Crippen LogP contribution is -2.28. The maximum Gasteiger partial charge on any atom is 0.231 e. The quantitative estimate of drug-likeness (QED) is 0.601. The monoisotopic (exact) mass is 441 g/mol. The summed E-state index contributed by atoms with van der Waals surface area (Å²) >= 11 is 1.38. The minimum atomic E-state index is -0.466. The zero-order valence-electron chi connectivity index (χ0n) is 17.5. The van der Waals surface area contributed by atoms with Crippen LogP contribution in [0.25, 0.3) is 10.2 Å². The van der Waals surface area contributed by atoms with Crippen LogP contribution in [-0.2, 0) is 9.59 Å². The maximum atomic E-state index is 12.8. The van der Waals surface area contributed by atoms with Gasteiger partial charge in [0.1, 0.15) is 5.75 Å². The fourth-order valence-corrected chi connectivity index (χ4v) is 4.45. The number of hydrogen-bond donors (Lipinski definition) is 1. The van der Waals surface area contributed by atoms with Gasteiger partial charge in [-0.2, -0.15) is 0 Å². The molecule has 4 rings (SSSR count). The van der Waals surface area contributed by atoms with E-state index >= 15 is 0 Å². The molecule has 1 unspecified atom stereocenters. The molecule has 0 bridgehead atoms. The average molecular weight is 442 g/mol. The highest BCUT2D eigenvalue weighted by atomic mass is 32.1. The highest BCUT2D eigenvalue weighted by Gasteiger charge is 2.35. The predicted octanol–water partition coefficient (Wildman–Crippen LogP) is 3.70. The zero-order valence-corrected chi connectivity index (χ0v) is 18.3. The highest BCUT2D eigenvalue weighted by Crippen LogP contribution is 2.35. The van der Waals surface area contributed by atoms with Gasteiger partial charge in [-0.25, -0.2) is 4.98 Å². The van der Waals surface area contributed by atoms with Crippen LogP contribution in [0.2, 0.25) is 0 Å². The number of carbonyl (C=O) groups is 2. The number of ether oxygens (including phenoxy) is 3. The lowest BCUT2D eigenvalue weighted by atomic mass is 10.1. The summed E-state index contributed by atoms with van der Waals surface area (Å²) in [6.07, 6.45) is 0.138. The molecule has 0 radical (unpaired) electrons. The molecule has 2 amide bonds. The second kappa shape index (κ2) is 8.81. The number of nitrogens with one attached hydrogen (secondary N) is 1. The Morgan fingerprint density at radius 1 is 1.19 bits per heavy atom. The number of nitrogens with zero attached hydrogens (tertiary/aromatic N) is 2. The number of fused-ring (bicyclic) bond motifs is 1. The van der Waals surface area contributed by atoms with Crippen molar-refractivity contribution in [2.75, 3.05) is 37.6 Å². The van der Waals surface area contributed by atoms with Crippen molar-refractivity contribution in [3.63, 3.8) is 0 Å². The van der Waals surface area contributed by atoms with Crippen molar-refractivity contribution in [2.24, 2.45) is 5.92 Å². The van der Waals surface area contributed by atoms with Gasteiger partial charge in [-0.15, -0.1) is 0 Å². The second-order valence-electron chi connectivity index (χ2n) is 7.02. The number of methoxy groups -OCH3 is 2. The molecule has 1 fully saturated rings. The summed E-state index contributed by atoms with van der Waals surface area (Å²) in [5, 5.41) is 3.37. The van der Waals surface area contributed by atoms with Crippen LogP contribution in [0.1, 0.15) is 13.3 Å². The average Bonchev–Trinajstić information content (AvgIpc) is 3.36. The minimum absolute atomic E-state index is 0.113. The van der Waals surface area contributed by atoms with Crippen LogP contribution in [0.15, 0.2) is 36.4 Å². The van der Waals surface area contributed by atoms with Crippen molar-refractivity contribution in [3.05, 3.63) is 36.4 Å². The molecule has 0 spiro atoms. The van der Waals surface area contributed by atoms with Crippen LogP contribution in [0.4, 0.5) is 10.8 Å². The Morgan fingerprint density at radius 3 is 2.74 bits per heavy atom. The molecule has 1 N–H and O–H groups in total. The molecule has 3 aromatic rings. The van der Waals surface area contributed by atoms with E-state index in [2.05, 4.69) is 10.3 Å². The van der Waals surface area contributed by atoms with E-state index in [-0.39, 0.29) is 18.2 Å². The van der Waals surface area contributed by atoms with E-state index in [0.717, 1.165) is 16.0 Å². The number of benzene rings is 2. The van der Waals surface area contributed by atoms with Crippen molar-refractivity contribution >= 4 is 44.2 Å². The van der Waals surface area contributed by atoms with Crippen LogP contribution in [0.5, 0.6) is 17.2 Å². The molecule has 9 heteroatoms. The van der Waals surface area contributed by atoms with E-state index in [9.17, 15) is 9.59 Å². The molecule has 1 aliphatic rings. The van der Waals surface area contributed by atoms with Crippen molar-refractivity contribution in [3.8, 4) is 17.2 Å². The molecule has 1 saturated heterocycles. The Kier molecular flexibility index (Phi) is 5.94. The Labute approximate surface area is 183 Å². The van der Waals surface area contributed by atoms with E-state index in [0.29, 0.717) is 35.5 Å². The third-order valence-corrected chi connectivity index (χ3v) is 6.01. The standard InChI is InChI=1S/C22H23N3O5S/c1-4-30-15-6-7-16-19(11-15)31-22(23-16)24-21(27)13-9-20(26)25(12-13)14-5-8-17(28-2)18(10-14)29-3/h5-8,10-11,13H,4,9,12H2,1-3H3,(H,23,24,27). The Bertz CT molecular complexity index is 1130. The number of rotatable bonds is 7. The number of carbonyl (C=O) groups excluding carboxylic acids is 2. The molecule has 162 valence electrons. The van der Waals surface area contributed by atoms with Crippen molar-refractivity contribution in [1.82, 2.24) is 4.98 Å². The first kappa shape index (κ1) is 20.9. The van der Waals surface area contributed by atoms with E-state index in [4.69, 9.17) is 14.2 Å². The third kappa shape index (κ3) is 4.27. The first-order valence-corrected chi connectivity index (χ1v) is 10.7. The summed E-state index contributed by atoms with van der Waals surface area (Å²) in [5.74, 6) is 1.07. The molecule has 2 heterocycles. The molecule has 1 atom stereocenters. The summed E-state index contributed by atoms with van der Waals surface area (Å²) in [7, 11) is 3.09. The van der Waals surface area contributed by atoms with Crippen molar-refractivity contribution < 1.29 is 23.8 Å². The fraction of sp³-hybridized carbons (Fsp3) is 0.318. The molecule has 8 nitrogen and oxygen atoms in total. The summed E-state index contributed by atoms with van der Waals surface area (Å²) < 4.78 is 17.0. The minimum Gasteiger partial charge on any atom is -0.494 e. The van der Waals surface area contributed by atoms with E-state index in [1.807, 2.05) is 25.1 Å².